The average molecular weight is 358 g/mol. The van der Waals surface area contributed by atoms with Crippen LogP contribution in [0.3, 0.4) is 0 Å². The minimum atomic E-state index is -0.932. The lowest BCUT2D eigenvalue weighted by atomic mass is 9.95. The van der Waals surface area contributed by atoms with Crippen molar-refractivity contribution >= 4 is 17.8 Å². The molecule has 1 atom stereocenters. The van der Waals surface area contributed by atoms with Crippen molar-refractivity contribution in [3.63, 3.8) is 0 Å². The monoisotopic (exact) mass is 358 g/mol. The number of piperidine rings is 1. The van der Waals surface area contributed by atoms with Crippen molar-refractivity contribution in [3.05, 3.63) is 35.9 Å². The van der Waals surface area contributed by atoms with Crippen molar-refractivity contribution < 1.29 is 14.4 Å². The van der Waals surface area contributed by atoms with E-state index in [-0.39, 0.29) is 17.8 Å². The van der Waals surface area contributed by atoms with Gasteiger partial charge in [-0.3, -0.25) is 9.59 Å². The van der Waals surface area contributed by atoms with E-state index in [1.807, 2.05) is 30.3 Å². The Morgan fingerprint density at radius 1 is 1.12 bits per heavy atom. The fourth-order valence-corrected chi connectivity index (χ4v) is 3.63. The van der Waals surface area contributed by atoms with Crippen LogP contribution in [-0.2, 0) is 16.1 Å². The lowest BCUT2D eigenvalue weighted by Gasteiger charge is -2.32. The van der Waals surface area contributed by atoms with Crippen LogP contribution in [-0.4, -0.2) is 36.0 Å². The van der Waals surface area contributed by atoms with Crippen LogP contribution in [0.1, 0.15) is 44.1 Å². The van der Waals surface area contributed by atoms with E-state index >= 15 is 0 Å². The lowest BCUT2D eigenvalue weighted by molar-refractivity contribution is -0.133. The Balaban J connectivity index is 1.58. The number of benzene rings is 1. The quantitative estimate of drug-likeness (QED) is 0.636. The summed E-state index contributed by atoms with van der Waals surface area (Å²) >= 11 is 0. The second-order valence-corrected chi connectivity index (χ2v) is 7.04. The number of nitrogens with one attached hydrogen (secondary N) is 4. The summed E-state index contributed by atoms with van der Waals surface area (Å²) in [6.07, 6.45) is 4.41. The summed E-state index contributed by atoms with van der Waals surface area (Å²) in [5, 5.41) is 11.3. The fraction of sp³-hybridized carbons (Fsp3) is 0.526. The molecular formula is C19H26N4O3. The van der Waals surface area contributed by atoms with E-state index in [4.69, 9.17) is 0 Å². The van der Waals surface area contributed by atoms with Crippen molar-refractivity contribution in [2.24, 2.45) is 0 Å². The molecule has 1 aliphatic carbocycles. The van der Waals surface area contributed by atoms with E-state index in [1.54, 1.807) is 0 Å². The molecule has 7 nitrogen and oxygen atoms in total. The summed E-state index contributed by atoms with van der Waals surface area (Å²) in [4.78, 5) is 37.1. The maximum atomic E-state index is 12.9. The summed E-state index contributed by atoms with van der Waals surface area (Å²) < 4.78 is 0. The zero-order valence-corrected chi connectivity index (χ0v) is 14.8. The Kier molecular flexibility index (Phi) is 5.75. The second-order valence-electron chi connectivity index (χ2n) is 7.04. The fourth-order valence-electron chi connectivity index (χ4n) is 3.63. The maximum absolute atomic E-state index is 12.9. The predicted octanol–water partition coefficient (Wildman–Crippen LogP) is 1.19. The molecule has 3 rings (SSSR count). The molecule has 4 N–H and O–H groups in total. The third-order valence-corrected chi connectivity index (χ3v) is 5.13. The van der Waals surface area contributed by atoms with Crippen LogP contribution in [0, 0.1) is 0 Å². The molecule has 1 saturated carbocycles. The largest absolute Gasteiger partial charge is 0.354 e. The molecule has 1 unspecified atom stereocenters. The standard InChI is InChI=1S/C19H26N4O3/c24-16-15(9-6-12-20-16)22-17(25)19(10-4-5-11-19)23-18(26)21-13-14-7-2-1-3-8-14/h1-3,7-8,15H,4-6,9-13H2,(H,20,24)(H,22,25)(H2,21,23,26). The van der Waals surface area contributed by atoms with Crippen LogP contribution < -0.4 is 21.3 Å². The van der Waals surface area contributed by atoms with Gasteiger partial charge in [0.25, 0.3) is 0 Å². The van der Waals surface area contributed by atoms with Crippen molar-refractivity contribution in [1.29, 1.82) is 0 Å². The highest BCUT2D eigenvalue weighted by atomic mass is 16.2. The molecule has 1 aromatic rings. The van der Waals surface area contributed by atoms with Gasteiger partial charge in [0.05, 0.1) is 0 Å². The van der Waals surface area contributed by atoms with E-state index < -0.39 is 11.6 Å². The highest BCUT2D eigenvalue weighted by molar-refractivity contribution is 5.95. The Hall–Kier alpha value is -2.57. The Morgan fingerprint density at radius 3 is 2.54 bits per heavy atom. The lowest BCUT2D eigenvalue weighted by Crippen LogP contribution is -2.62. The first-order valence-corrected chi connectivity index (χ1v) is 9.28. The summed E-state index contributed by atoms with van der Waals surface area (Å²) in [6.45, 7) is 1.05. The third-order valence-electron chi connectivity index (χ3n) is 5.13. The van der Waals surface area contributed by atoms with Crippen LogP contribution >= 0.6 is 0 Å². The van der Waals surface area contributed by atoms with Gasteiger partial charge in [0.15, 0.2) is 0 Å². The molecule has 2 aliphatic rings. The second kappa shape index (κ2) is 8.21. The number of hydrogen-bond donors (Lipinski definition) is 4. The van der Waals surface area contributed by atoms with Gasteiger partial charge < -0.3 is 21.3 Å². The summed E-state index contributed by atoms with van der Waals surface area (Å²) in [6, 6.07) is 8.73. The van der Waals surface area contributed by atoms with Gasteiger partial charge in [0.1, 0.15) is 11.6 Å². The number of carbonyl (C=O) groups excluding carboxylic acids is 3. The first-order chi connectivity index (χ1) is 12.6. The van der Waals surface area contributed by atoms with Crippen LogP contribution in [0.25, 0.3) is 0 Å². The van der Waals surface area contributed by atoms with Gasteiger partial charge >= 0.3 is 6.03 Å². The molecule has 0 radical (unpaired) electrons. The van der Waals surface area contributed by atoms with Crippen LogP contribution in [0.5, 0.6) is 0 Å². The number of rotatable bonds is 5. The first-order valence-electron chi connectivity index (χ1n) is 9.28. The number of carbonyl (C=O) groups is 3. The molecule has 0 aromatic heterocycles. The smallest absolute Gasteiger partial charge is 0.315 e. The minimum Gasteiger partial charge on any atom is -0.354 e. The summed E-state index contributed by atoms with van der Waals surface area (Å²) in [5.41, 5.74) is 0.0600. The predicted molar refractivity (Wildman–Crippen MR) is 97.2 cm³/mol. The van der Waals surface area contributed by atoms with E-state index in [2.05, 4.69) is 21.3 Å². The minimum absolute atomic E-state index is 0.147. The van der Waals surface area contributed by atoms with Crippen molar-refractivity contribution in [2.75, 3.05) is 6.54 Å². The zero-order chi connectivity index (χ0) is 18.4. The molecule has 4 amide bonds. The van der Waals surface area contributed by atoms with Gasteiger partial charge in [-0.1, -0.05) is 43.2 Å². The maximum Gasteiger partial charge on any atom is 0.315 e. The molecule has 1 heterocycles. The third kappa shape index (κ3) is 4.33. The van der Waals surface area contributed by atoms with Crippen molar-refractivity contribution in [2.45, 2.75) is 56.7 Å². The zero-order valence-electron chi connectivity index (χ0n) is 14.8. The van der Waals surface area contributed by atoms with Crippen LogP contribution in [0.2, 0.25) is 0 Å². The highest BCUT2D eigenvalue weighted by Crippen LogP contribution is 2.30. The van der Waals surface area contributed by atoms with Crippen LogP contribution in [0.4, 0.5) is 4.79 Å². The summed E-state index contributed by atoms with van der Waals surface area (Å²) in [7, 11) is 0. The van der Waals surface area contributed by atoms with Gasteiger partial charge in [-0.15, -0.1) is 0 Å². The summed E-state index contributed by atoms with van der Waals surface area (Å²) in [5.74, 6) is -0.404. The molecule has 1 aromatic carbocycles. The van der Waals surface area contributed by atoms with E-state index in [0.29, 0.717) is 32.4 Å². The van der Waals surface area contributed by atoms with Crippen molar-refractivity contribution in [1.82, 2.24) is 21.3 Å². The van der Waals surface area contributed by atoms with Gasteiger partial charge in [-0.2, -0.15) is 0 Å². The van der Waals surface area contributed by atoms with E-state index in [9.17, 15) is 14.4 Å². The Bertz CT molecular complexity index is 656. The molecular weight excluding hydrogens is 332 g/mol. The van der Waals surface area contributed by atoms with Crippen LogP contribution in [0.15, 0.2) is 30.3 Å². The van der Waals surface area contributed by atoms with Gasteiger partial charge in [0, 0.05) is 13.1 Å². The number of hydrogen-bond acceptors (Lipinski definition) is 3. The van der Waals surface area contributed by atoms with E-state index in [0.717, 1.165) is 24.8 Å². The number of amides is 4. The van der Waals surface area contributed by atoms with Gasteiger partial charge in [-0.05, 0) is 31.2 Å². The van der Waals surface area contributed by atoms with E-state index in [1.165, 1.54) is 0 Å². The topological polar surface area (TPSA) is 99.3 Å². The molecule has 0 spiro atoms. The molecule has 1 aliphatic heterocycles. The number of urea groups is 1. The molecule has 7 heteroatoms. The Labute approximate surface area is 153 Å². The first kappa shape index (κ1) is 18.2. The van der Waals surface area contributed by atoms with Gasteiger partial charge in [0.2, 0.25) is 11.8 Å². The molecule has 26 heavy (non-hydrogen) atoms. The highest BCUT2D eigenvalue weighted by Gasteiger charge is 2.43. The average Bonchev–Trinajstić information content (AvgIpc) is 3.12. The Morgan fingerprint density at radius 2 is 1.85 bits per heavy atom. The normalized spacial score (nSPS) is 21.5. The molecule has 140 valence electrons. The molecule has 1 saturated heterocycles. The van der Waals surface area contributed by atoms with Gasteiger partial charge in [-0.25, -0.2) is 4.79 Å². The molecule has 0 bridgehead atoms. The van der Waals surface area contributed by atoms with Crippen molar-refractivity contribution in [3.8, 4) is 0 Å². The molecule has 2 fully saturated rings. The SMILES string of the molecule is O=C(NCc1ccccc1)NC1(C(=O)NC2CCCNC2=O)CCCC1.